The highest BCUT2D eigenvalue weighted by molar-refractivity contribution is 5.80. The van der Waals surface area contributed by atoms with E-state index in [1.54, 1.807) is 0 Å². The van der Waals surface area contributed by atoms with Gasteiger partial charge in [0.05, 0.1) is 25.4 Å². The third kappa shape index (κ3) is 25.3. The molecule has 11 nitrogen and oxygen atoms in total. The molecule has 0 radical (unpaired) electrons. The maximum absolute atomic E-state index is 13.1. The first kappa shape index (κ1) is 52.1. The van der Waals surface area contributed by atoms with Crippen molar-refractivity contribution < 1.29 is 50.0 Å². The van der Waals surface area contributed by atoms with Gasteiger partial charge in [-0.15, -0.1) is 0 Å². The van der Waals surface area contributed by atoms with Gasteiger partial charge in [-0.25, -0.2) is 0 Å². The molecule has 0 aromatic carbocycles. The van der Waals surface area contributed by atoms with Crippen molar-refractivity contribution in [3.8, 4) is 0 Å². The lowest BCUT2D eigenvalue weighted by Crippen LogP contribution is -2.60. The molecule has 1 aliphatic heterocycles. The molecule has 0 spiro atoms. The minimum Gasteiger partial charge on any atom is -0.394 e. The first-order valence-electron chi connectivity index (χ1n) is 22.9. The minimum absolute atomic E-state index is 0.266. The molecule has 0 unspecified atom stereocenters. The standard InChI is InChI=1S/C44H87NO10/c1-3-5-7-9-11-13-15-17-18-19-20-22-24-26-28-30-32-37(48)43(53)45-35(34-54-44-42(52)41(51)40(50)38(33-46)55-44)39(49)36(47)31-29-27-25-23-21-16-14-12-10-8-6-4-2/h35-42,44,46-52H,3-34H2,1-2H3,(H,45,53)/t35-,36+,37+,38+,39-,40-,41-,42+,44-/m0/s1. The molecule has 55 heavy (non-hydrogen) atoms. The van der Waals surface area contributed by atoms with Crippen LogP contribution in [0.2, 0.25) is 0 Å². The Morgan fingerprint density at radius 2 is 0.945 bits per heavy atom. The van der Waals surface area contributed by atoms with E-state index in [4.69, 9.17) is 9.47 Å². The Hall–Kier alpha value is -0.890. The molecule has 0 aromatic rings. The van der Waals surface area contributed by atoms with Crippen molar-refractivity contribution in [2.24, 2.45) is 0 Å². The van der Waals surface area contributed by atoms with Crippen LogP contribution in [0.15, 0.2) is 0 Å². The summed E-state index contributed by atoms with van der Waals surface area (Å²) < 4.78 is 11.1. The first-order valence-corrected chi connectivity index (χ1v) is 22.9. The second-order valence-corrected chi connectivity index (χ2v) is 16.5. The summed E-state index contributed by atoms with van der Waals surface area (Å²) in [5.74, 6) is -0.694. The van der Waals surface area contributed by atoms with E-state index < -0.39 is 74.2 Å². The van der Waals surface area contributed by atoms with Crippen LogP contribution in [0.1, 0.15) is 206 Å². The summed E-state index contributed by atoms with van der Waals surface area (Å²) in [5.41, 5.74) is 0. The number of ether oxygens (including phenoxy) is 2. The molecule has 328 valence electrons. The van der Waals surface area contributed by atoms with Gasteiger partial charge in [0.25, 0.3) is 0 Å². The minimum atomic E-state index is -1.65. The van der Waals surface area contributed by atoms with Crippen LogP contribution in [0.3, 0.4) is 0 Å². The van der Waals surface area contributed by atoms with Crippen LogP contribution in [0, 0.1) is 0 Å². The fraction of sp³-hybridized carbons (Fsp3) is 0.977. The van der Waals surface area contributed by atoms with E-state index in [9.17, 15) is 40.5 Å². The third-order valence-corrected chi connectivity index (χ3v) is 11.4. The van der Waals surface area contributed by atoms with Crippen molar-refractivity contribution in [1.82, 2.24) is 5.32 Å². The molecule has 0 saturated carbocycles. The Bertz CT molecular complexity index is 866. The lowest BCUT2D eigenvalue weighted by molar-refractivity contribution is -0.303. The molecule has 1 saturated heterocycles. The monoisotopic (exact) mass is 790 g/mol. The number of unbranched alkanes of at least 4 members (excludes halogenated alkanes) is 26. The normalized spacial score (nSPS) is 22.4. The highest BCUT2D eigenvalue weighted by atomic mass is 16.7. The van der Waals surface area contributed by atoms with E-state index in [-0.39, 0.29) is 6.42 Å². The predicted molar refractivity (Wildman–Crippen MR) is 220 cm³/mol. The quantitative estimate of drug-likeness (QED) is 0.0300. The molecule has 1 amide bonds. The van der Waals surface area contributed by atoms with Crippen LogP contribution in [0.4, 0.5) is 0 Å². The molecular weight excluding hydrogens is 702 g/mol. The van der Waals surface area contributed by atoms with Crippen molar-refractivity contribution in [3.63, 3.8) is 0 Å². The fourth-order valence-electron chi connectivity index (χ4n) is 7.56. The summed E-state index contributed by atoms with van der Waals surface area (Å²) in [6, 6.07) is -1.16. The van der Waals surface area contributed by atoms with Gasteiger partial charge in [-0.05, 0) is 12.8 Å². The van der Waals surface area contributed by atoms with Crippen molar-refractivity contribution in [2.45, 2.75) is 262 Å². The van der Waals surface area contributed by atoms with E-state index in [0.29, 0.717) is 19.3 Å². The van der Waals surface area contributed by atoms with E-state index in [1.165, 1.54) is 128 Å². The summed E-state index contributed by atoms with van der Waals surface area (Å²) in [5, 5.41) is 75.6. The summed E-state index contributed by atoms with van der Waals surface area (Å²) >= 11 is 0. The second-order valence-electron chi connectivity index (χ2n) is 16.5. The zero-order valence-corrected chi connectivity index (χ0v) is 35.2. The largest absolute Gasteiger partial charge is 0.394 e. The predicted octanol–water partition coefficient (Wildman–Crippen LogP) is 7.11. The maximum Gasteiger partial charge on any atom is 0.249 e. The van der Waals surface area contributed by atoms with Crippen LogP contribution in [-0.4, -0.2) is 110 Å². The fourth-order valence-corrected chi connectivity index (χ4v) is 7.56. The number of carbonyl (C=O) groups is 1. The highest BCUT2D eigenvalue weighted by Crippen LogP contribution is 2.23. The van der Waals surface area contributed by atoms with Gasteiger partial charge in [0.2, 0.25) is 5.91 Å². The summed E-state index contributed by atoms with van der Waals surface area (Å²) in [4.78, 5) is 13.1. The number of aliphatic hydroxyl groups excluding tert-OH is 7. The SMILES string of the molecule is CCCCCCCCCCCCCCCCCC[C@@H](O)C(=O)N[C@@H](CO[C@H]1O[C@H](CO)[C@H](O)[C@H](O)[C@H]1O)[C@H](O)[C@H](O)CCCCCCCCCCCCCC. The van der Waals surface area contributed by atoms with E-state index in [2.05, 4.69) is 19.2 Å². The topological polar surface area (TPSA) is 189 Å². The molecule has 0 aromatic heterocycles. The Labute approximate surface area is 335 Å². The Kier molecular flexibility index (Phi) is 33.3. The molecule has 0 bridgehead atoms. The summed E-state index contributed by atoms with van der Waals surface area (Å²) in [6.45, 7) is 3.44. The lowest BCUT2D eigenvalue weighted by atomic mass is 9.98. The second kappa shape index (κ2) is 35.1. The van der Waals surface area contributed by atoms with Gasteiger partial charge in [-0.3, -0.25) is 4.79 Å². The number of carbonyl (C=O) groups excluding carboxylic acids is 1. The van der Waals surface area contributed by atoms with Crippen molar-refractivity contribution in [3.05, 3.63) is 0 Å². The molecule has 1 aliphatic rings. The Morgan fingerprint density at radius 3 is 1.35 bits per heavy atom. The molecule has 1 heterocycles. The zero-order chi connectivity index (χ0) is 40.5. The van der Waals surface area contributed by atoms with Crippen molar-refractivity contribution >= 4 is 5.91 Å². The first-order chi connectivity index (χ1) is 26.7. The van der Waals surface area contributed by atoms with Gasteiger partial charge >= 0.3 is 0 Å². The number of rotatable bonds is 38. The van der Waals surface area contributed by atoms with Gasteiger partial charge in [0, 0.05) is 0 Å². The van der Waals surface area contributed by atoms with Crippen LogP contribution in [0.25, 0.3) is 0 Å². The number of amides is 1. The third-order valence-electron chi connectivity index (χ3n) is 11.4. The van der Waals surface area contributed by atoms with E-state index >= 15 is 0 Å². The number of aliphatic hydroxyl groups is 7. The highest BCUT2D eigenvalue weighted by Gasteiger charge is 2.44. The molecule has 9 atom stereocenters. The average molecular weight is 790 g/mol. The van der Waals surface area contributed by atoms with Crippen molar-refractivity contribution in [1.29, 1.82) is 0 Å². The molecule has 11 heteroatoms. The summed E-state index contributed by atoms with van der Waals surface area (Å²) in [6.07, 6.45) is 22.9. The maximum atomic E-state index is 13.1. The van der Waals surface area contributed by atoms with Gasteiger partial charge in [0.1, 0.15) is 36.6 Å². The van der Waals surface area contributed by atoms with Crippen LogP contribution >= 0.6 is 0 Å². The van der Waals surface area contributed by atoms with Crippen LogP contribution in [0.5, 0.6) is 0 Å². The molecule has 8 N–H and O–H groups in total. The summed E-state index contributed by atoms with van der Waals surface area (Å²) in [7, 11) is 0. The molecular formula is C44H87NO10. The van der Waals surface area contributed by atoms with E-state index in [1.807, 2.05) is 0 Å². The Morgan fingerprint density at radius 1 is 0.564 bits per heavy atom. The lowest BCUT2D eigenvalue weighted by Gasteiger charge is -2.40. The van der Waals surface area contributed by atoms with Crippen molar-refractivity contribution in [2.75, 3.05) is 13.2 Å². The van der Waals surface area contributed by atoms with Gasteiger partial charge in [-0.2, -0.15) is 0 Å². The van der Waals surface area contributed by atoms with Crippen LogP contribution in [-0.2, 0) is 14.3 Å². The van der Waals surface area contributed by atoms with Gasteiger partial charge in [-0.1, -0.05) is 194 Å². The molecule has 0 aliphatic carbocycles. The average Bonchev–Trinajstić information content (AvgIpc) is 3.18. The van der Waals surface area contributed by atoms with E-state index in [0.717, 1.165) is 38.5 Å². The molecule has 1 fully saturated rings. The number of hydrogen-bond acceptors (Lipinski definition) is 10. The van der Waals surface area contributed by atoms with Crippen LogP contribution < -0.4 is 5.32 Å². The molecule has 1 rings (SSSR count). The van der Waals surface area contributed by atoms with Gasteiger partial charge < -0.3 is 50.5 Å². The number of hydrogen-bond donors (Lipinski definition) is 8. The Balaban J connectivity index is 2.45. The zero-order valence-electron chi connectivity index (χ0n) is 35.2. The van der Waals surface area contributed by atoms with Gasteiger partial charge in [0.15, 0.2) is 6.29 Å². The smallest absolute Gasteiger partial charge is 0.249 e. The number of nitrogens with one attached hydrogen (secondary N) is 1.